The van der Waals surface area contributed by atoms with Gasteiger partial charge in [-0.1, -0.05) is 48.5 Å². The van der Waals surface area contributed by atoms with Crippen LogP contribution in [0.5, 0.6) is 0 Å². The monoisotopic (exact) mass is 419 g/mol. The molecule has 0 N–H and O–H groups in total. The number of para-hydroxylation sites is 1. The number of halogens is 1. The van der Waals surface area contributed by atoms with Gasteiger partial charge in [-0.05, 0) is 12.1 Å². The highest BCUT2D eigenvalue weighted by Gasteiger charge is 2.18. The number of hydrogen-bond donors (Lipinski definition) is 0. The maximum Gasteiger partial charge on any atom is 0.107 e. The standard InChI is InChI=1S/C19H22N3.HI/c1-22(2,3)15-17-14-21(18-12-8-5-9-13-18)20-19(17)16-10-6-4-7-11-16;/h4-14H,15H2,1-3H3;1H/q+1;/p-1. The molecule has 0 unspecified atom stereocenters. The average molecular weight is 419 g/mol. The molecular weight excluding hydrogens is 397 g/mol. The zero-order valence-electron chi connectivity index (χ0n) is 13.8. The van der Waals surface area contributed by atoms with Gasteiger partial charge in [0, 0.05) is 11.8 Å². The molecular formula is C19H22IN3. The summed E-state index contributed by atoms with van der Waals surface area (Å²) in [5, 5.41) is 4.84. The van der Waals surface area contributed by atoms with E-state index in [0.717, 1.165) is 22.4 Å². The topological polar surface area (TPSA) is 17.8 Å². The molecule has 0 aliphatic rings. The number of rotatable bonds is 4. The van der Waals surface area contributed by atoms with Gasteiger partial charge in [0.15, 0.2) is 0 Å². The highest BCUT2D eigenvalue weighted by Crippen LogP contribution is 2.25. The minimum atomic E-state index is 0. The van der Waals surface area contributed by atoms with Crippen molar-refractivity contribution in [2.75, 3.05) is 21.1 Å². The minimum Gasteiger partial charge on any atom is -1.00 e. The summed E-state index contributed by atoms with van der Waals surface area (Å²) in [6.07, 6.45) is 2.15. The fourth-order valence-corrected chi connectivity index (χ4v) is 2.59. The van der Waals surface area contributed by atoms with E-state index in [2.05, 4.69) is 63.7 Å². The summed E-state index contributed by atoms with van der Waals surface area (Å²) in [5.41, 5.74) is 4.59. The maximum atomic E-state index is 4.84. The van der Waals surface area contributed by atoms with E-state index in [-0.39, 0.29) is 24.0 Å². The molecule has 3 nitrogen and oxygen atoms in total. The third-order valence-corrected chi connectivity index (χ3v) is 3.50. The number of nitrogens with zero attached hydrogens (tertiary/aromatic N) is 3. The highest BCUT2D eigenvalue weighted by atomic mass is 127. The van der Waals surface area contributed by atoms with Gasteiger partial charge in [-0.15, -0.1) is 0 Å². The Morgan fingerprint density at radius 2 is 1.43 bits per heavy atom. The van der Waals surface area contributed by atoms with E-state index in [1.54, 1.807) is 0 Å². The smallest absolute Gasteiger partial charge is 0.107 e. The SMILES string of the molecule is C[N+](C)(C)Cc1cn(-c2ccccc2)nc1-c1ccccc1.[I-]. The molecule has 2 aromatic carbocycles. The summed E-state index contributed by atoms with van der Waals surface area (Å²) < 4.78 is 2.85. The van der Waals surface area contributed by atoms with Crippen molar-refractivity contribution in [2.45, 2.75) is 6.54 Å². The van der Waals surface area contributed by atoms with E-state index in [0.29, 0.717) is 0 Å². The van der Waals surface area contributed by atoms with Gasteiger partial charge in [0.2, 0.25) is 0 Å². The highest BCUT2D eigenvalue weighted by molar-refractivity contribution is 5.63. The molecule has 0 fully saturated rings. The lowest BCUT2D eigenvalue weighted by molar-refractivity contribution is -0.883. The minimum absolute atomic E-state index is 0. The molecule has 0 aliphatic carbocycles. The summed E-state index contributed by atoms with van der Waals surface area (Å²) in [5.74, 6) is 0. The van der Waals surface area contributed by atoms with Crippen molar-refractivity contribution in [3.8, 4) is 16.9 Å². The Morgan fingerprint density at radius 3 is 2.00 bits per heavy atom. The molecule has 0 radical (unpaired) electrons. The Labute approximate surface area is 155 Å². The molecule has 23 heavy (non-hydrogen) atoms. The van der Waals surface area contributed by atoms with Crippen molar-refractivity contribution < 1.29 is 28.5 Å². The van der Waals surface area contributed by atoms with E-state index in [9.17, 15) is 0 Å². The van der Waals surface area contributed by atoms with Gasteiger partial charge in [0.1, 0.15) is 12.2 Å². The summed E-state index contributed by atoms with van der Waals surface area (Å²) >= 11 is 0. The Hall–Kier alpha value is -1.66. The van der Waals surface area contributed by atoms with Crippen LogP contribution in [0.25, 0.3) is 16.9 Å². The summed E-state index contributed by atoms with van der Waals surface area (Å²) in [4.78, 5) is 0. The van der Waals surface area contributed by atoms with Gasteiger partial charge < -0.3 is 28.5 Å². The normalized spacial score (nSPS) is 11.1. The number of hydrogen-bond acceptors (Lipinski definition) is 1. The Morgan fingerprint density at radius 1 is 0.870 bits per heavy atom. The van der Waals surface area contributed by atoms with Gasteiger partial charge in [-0.2, -0.15) is 5.10 Å². The van der Waals surface area contributed by atoms with Gasteiger partial charge in [-0.25, -0.2) is 4.68 Å². The first kappa shape index (κ1) is 17.7. The molecule has 3 rings (SSSR count). The number of quaternary nitrogens is 1. The largest absolute Gasteiger partial charge is 1.00 e. The second kappa shape index (κ2) is 7.27. The zero-order valence-corrected chi connectivity index (χ0v) is 15.9. The molecule has 0 saturated heterocycles. The molecule has 1 aromatic heterocycles. The van der Waals surface area contributed by atoms with Crippen LogP contribution < -0.4 is 24.0 Å². The second-order valence-corrected chi connectivity index (χ2v) is 6.60. The summed E-state index contributed by atoms with van der Waals surface area (Å²) in [7, 11) is 6.61. The first-order valence-corrected chi connectivity index (χ1v) is 7.53. The van der Waals surface area contributed by atoms with Crippen LogP contribution >= 0.6 is 0 Å². The van der Waals surface area contributed by atoms with Crippen molar-refractivity contribution >= 4 is 0 Å². The molecule has 0 atom stereocenters. The van der Waals surface area contributed by atoms with Gasteiger partial charge >= 0.3 is 0 Å². The molecule has 0 aliphatic heterocycles. The van der Waals surface area contributed by atoms with Gasteiger partial charge in [-0.3, -0.25) is 0 Å². The van der Waals surface area contributed by atoms with Crippen LogP contribution in [0.3, 0.4) is 0 Å². The lowest BCUT2D eigenvalue weighted by Crippen LogP contribution is -3.00. The van der Waals surface area contributed by atoms with Crippen LogP contribution in [-0.4, -0.2) is 35.4 Å². The third-order valence-electron chi connectivity index (χ3n) is 3.50. The van der Waals surface area contributed by atoms with Crippen LogP contribution in [0.4, 0.5) is 0 Å². The summed E-state index contributed by atoms with van der Waals surface area (Å²) in [6.45, 7) is 0.942. The quantitative estimate of drug-likeness (QED) is 0.451. The van der Waals surface area contributed by atoms with Crippen molar-refractivity contribution in [2.24, 2.45) is 0 Å². The van der Waals surface area contributed by atoms with Crippen molar-refractivity contribution in [1.82, 2.24) is 9.78 Å². The molecule has 0 saturated carbocycles. The van der Waals surface area contributed by atoms with Crippen LogP contribution in [0.2, 0.25) is 0 Å². The lowest BCUT2D eigenvalue weighted by Gasteiger charge is -2.23. The molecule has 4 heteroatoms. The average Bonchev–Trinajstić information content (AvgIpc) is 2.91. The van der Waals surface area contributed by atoms with Crippen molar-refractivity contribution in [3.05, 3.63) is 72.4 Å². The second-order valence-electron chi connectivity index (χ2n) is 6.60. The molecule has 0 bridgehead atoms. The fourth-order valence-electron chi connectivity index (χ4n) is 2.59. The molecule has 0 amide bonds. The fraction of sp³-hybridized carbons (Fsp3) is 0.211. The summed E-state index contributed by atoms with van der Waals surface area (Å²) in [6, 6.07) is 20.7. The Balaban J connectivity index is 0.00000192. The van der Waals surface area contributed by atoms with E-state index >= 15 is 0 Å². The van der Waals surface area contributed by atoms with Crippen LogP contribution in [-0.2, 0) is 6.54 Å². The number of aromatic nitrogens is 2. The zero-order chi connectivity index (χ0) is 15.6. The number of benzene rings is 2. The Bertz CT molecular complexity index is 743. The predicted molar refractivity (Wildman–Crippen MR) is 90.7 cm³/mol. The van der Waals surface area contributed by atoms with Crippen molar-refractivity contribution in [1.29, 1.82) is 0 Å². The van der Waals surface area contributed by atoms with Crippen molar-refractivity contribution in [3.63, 3.8) is 0 Å². The third kappa shape index (κ3) is 4.42. The maximum absolute atomic E-state index is 4.84. The van der Waals surface area contributed by atoms with Crippen LogP contribution in [0, 0.1) is 0 Å². The van der Waals surface area contributed by atoms with Gasteiger partial charge in [0.25, 0.3) is 0 Å². The first-order chi connectivity index (χ1) is 10.5. The van der Waals surface area contributed by atoms with E-state index in [1.165, 1.54) is 11.1 Å². The molecule has 3 aromatic rings. The lowest BCUT2D eigenvalue weighted by atomic mass is 10.1. The van der Waals surface area contributed by atoms with Crippen LogP contribution in [0.15, 0.2) is 66.9 Å². The Kier molecular flexibility index (Phi) is 5.59. The van der Waals surface area contributed by atoms with E-state index < -0.39 is 0 Å². The molecule has 0 spiro atoms. The van der Waals surface area contributed by atoms with E-state index in [1.807, 2.05) is 28.9 Å². The molecule has 1 heterocycles. The predicted octanol–water partition coefficient (Wildman–Crippen LogP) is 0.749. The first-order valence-electron chi connectivity index (χ1n) is 7.53. The molecule has 120 valence electrons. The van der Waals surface area contributed by atoms with Gasteiger partial charge in [0.05, 0.1) is 32.4 Å². The van der Waals surface area contributed by atoms with E-state index in [4.69, 9.17) is 5.10 Å². The van der Waals surface area contributed by atoms with Crippen LogP contribution in [0.1, 0.15) is 5.56 Å².